The number of carbonyl (C=O) groups is 1. The maximum absolute atomic E-state index is 12.0. The molecule has 1 rings (SSSR count). The molecular formula is C14H23N3O2. The molecule has 1 aromatic rings. The van der Waals surface area contributed by atoms with Crippen LogP contribution in [0.4, 0.5) is 0 Å². The maximum atomic E-state index is 12.0. The lowest BCUT2D eigenvalue weighted by Gasteiger charge is -2.23. The van der Waals surface area contributed by atoms with Crippen molar-refractivity contribution in [3.63, 3.8) is 0 Å². The molecule has 19 heavy (non-hydrogen) atoms. The molecular weight excluding hydrogens is 242 g/mol. The Balaban J connectivity index is 2.60. The van der Waals surface area contributed by atoms with Gasteiger partial charge in [0, 0.05) is 25.2 Å². The summed E-state index contributed by atoms with van der Waals surface area (Å²) in [7, 11) is 0. The van der Waals surface area contributed by atoms with Crippen molar-refractivity contribution in [2.24, 2.45) is 5.73 Å². The van der Waals surface area contributed by atoms with Crippen molar-refractivity contribution in [2.75, 3.05) is 19.6 Å². The first kappa shape index (κ1) is 15.4. The summed E-state index contributed by atoms with van der Waals surface area (Å²) >= 11 is 0. The number of amides is 1. The van der Waals surface area contributed by atoms with E-state index >= 15 is 0 Å². The minimum Gasteiger partial charge on any atom is -0.479 e. The molecule has 0 aliphatic heterocycles. The van der Waals surface area contributed by atoms with Gasteiger partial charge in [-0.2, -0.15) is 0 Å². The molecule has 1 amide bonds. The second-order valence-electron chi connectivity index (χ2n) is 4.29. The van der Waals surface area contributed by atoms with Crippen LogP contribution in [0.25, 0.3) is 0 Å². The van der Waals surface area contributed by atoms with Crippen LogP contribution in [0.1, 0.15) is 26.5 Å². The Morgan fingerprint density at radius 2 is 2.11 bits per heavy atom. The molecule has 0 bridgehead atoms. The highest BCUT2D eigenvalue weighted by Crippen LogP contribution is 2.12. The predicted octanol–water partition coefficient (Wildman–Crippen LogP) is 1.22. The van der Waals surface area contributed by atoms with Crippen molar-refractivity contribution < 1.29 is 9.53 Å². The van der Waals surface area contributed by atoms with Gasteiger partial charge in [0.15, 0.2) is 6.10 Å². The van der Waals surface area contributed by atoms with Gasteiger partial charge in [-0.05, 0) is 39.4 Å². The first-order valence-corrected chi connectivity index (χ1v) is 6.72. The zero-order valence-electron chi connectivity index (χ0n) is 11.9. The van der Waals surface area contributed by atoms with Gasteiger partial charge in [-0.1, -0.05) is 0 Å². The second-order valence-corrected chi connectivity index (χ2v) is 4.29. The van der Waals surface area contributed by atoms with Crippen LogP contribution in [0.15, 0.2) is 18.3 Å². The van der Waals surface area contributed by atoms with Gasteiger partial charge in [0.25, 0.3) is 5.91 Å². The summed E-state index contributed by atoms with van der Waals surface area (Å²) in [5.41, 5.74) is 6.39. The van der Waals surface area contributed by atoms with Gasteiger partial charge in [-0.15, -0.1) is 0 Å². The van der Waals surface area contributed by atoms with Gasteiger partial charge in [0.2, 0.25) is 0 Å². The highest BCUT2D eigenvalue weighted by atomic mass is 16.5. The molecule has 1 aromatic heterocycles. The number of ether oxygens (including phenoxy) is 1. The van der Waals surface area contributed by atoms with Gasteiger partial charge in [-0.3, -0.25) is 9.78 Å². The smallest absolute Gasteiger partial charge is 0.263 e. The predicted molar refractivity (Wildman–Crippen MR) is 75.0 cm³/mol. The second kappa shape index (κ2) is 7.74. The molecule has 5 nitrogen and oxygen atoms in total. The number of nitrogens with two attached hydrogens (primary N) is 1. The molecule has 0 spiro atoms. The minimum absolute atomic E-state index is 0.00367. The van der Waals surface area contributed by atoms with Gasteiger partial charge >= 0.3 is 0 Å². The molecule has 1 heterocycles. The highest BCUT2D eigenvalue weighted by Gasteiger charge is 2.19. The number of aromatic nitrogens is 1. The van der Waals surface area contributed by atoms with Gasteiger partial charge < -0.3 is 15.4 Å². The third-order valence-corrected chi connectivity index (χ3v) is 2.93. The fourth-order valence-electron chi connectivity index (χ4n) is 1.82. The Bertz CT molecular complexity index is 388. The van der Waals surface area contributed by atoms with E-state index in [0.717, 1.165) is 12.1 Å². The lowest BCUT2D eigenvalue weighted by atomic mass is 10.2. The normalized spacial score (nSPS) is 12.0. The summed E-state index contributed by atoms with van der Waals surface area (Å²) < 4.78 is 5.61. The third-order valence-electron chi connectivity index (χ3n) is 2.93. The molecule has 5 heteroatoms. The molecule has 0 aromatic carbocycles. The van der Waals surface area contributed by atoms with Gasteiger partial charge in [-0.25, -0.2) is 0 Å². The molecule has 0 fully saturated rings. The van der Waals surface area contributed by atoms with Crippen molar-refractivity contribution in [3.8, 4) is 5.75 Å². The van der Waals surface area contributed by atoms with Gasteiger partial charge in [0.05, 0.1) is 6.20 Å². The van der Waals surface area contributed by atoms with Crippen LogP contribution >= 0.6 is 0 Å². The summed E-state index contributed by atoms with van der Waals surface area (Å²) in [5.74, 6) is 0.602. The topological polar surface area (TPSA) is 68.5 Å². The Morgan fingerprint density at radius 1 is 1.42 bits per heavy atom. The monoisotopic (exact) mass is 265 g/mol. The summed E-state index contributed by atoms with van der Waals surface area (Å²) in [6, 6.07) is 3.70. The van der Waals surface area contributed by atoms with Gasteiger partial charge in [0.1, 0.15) is 5.75 Å². The van der Waals surface area contributed by atoms with Crippen LogP contribution in [-0.4, -0.2) is 41.5 Å². The molecule has 2 N–H and O–H groups in total. The van der Waals surface area contributed by atoms with E-state index in [4.69, 9.17) is 10.5 Å². The van der Waals surface area contributed by atoms with Crippen molar-refractivity contribution in [3.05, 3.63) is 24.0 Å². The number of carbonyl (C=O) groups excluding carboxylic acids is 1. The van der Waals surface area contributed by atoms with Crippen molar-refractivity contribution >= 4 is 5.91 Å². The number of hydrogen-bond acceptors (Lipinski definition) is 4. The molecule has 0 saturated carbocycles. The number of rotatable bonds is 7. The molecule has 1 atom stereocenters. The van der Waals surface area contributed by atoms with Crippen LogP contribution < -0.4 is 10.5 Å². The van der Waals surface area contributed by atoms with E-state index < -0.39 is 6.10 Å². The lowest BCUT2D eigenvalue weighted by molar-refractivity contribution is -0.137. The first-order valence-electron chi connectivity index (χ1n) is 6.72. The molecule has 1 unspecified atom stereocenters. The molecule has 106 valence electrons. The van der Waals surface area contributed by atoms with Crippen LogP contribution in [-0.2, 0) is 11.2 Å². The summed E-state index contributed by atoms with van der Waals surface area (Å²) in [6.07, 6.45) is 1.88. The summed E-state index contributed by atoms with van der Waals surface area (Å²) in [6.45, 7) is 7.63. The van der Waals surface area contributed by atoms with Crippen LogP contribution in [0.2, 0.25) is 0 Å². The quantitative estimate of drug-likeness (QED) is 0.805. The Kier molecular flexibility index (Phi) is 6.29. The number of likely N-dealkylation sites (N-methyl/N-ethyl adjacent to an activating group) is 1. The number of hydrogen-bond donors (Lipinski definition) is 1. The average Bonchev–Trinajstić information content (AvgIpc) is 2.42. The maximum Gasteiger partial charge on any atom is 0.263 e. The van der Waals surface area contributed by atoms with E-state index in [0.29, 0.717) is 25.4 Å². The Hall–Kier alpha value is -1.62. The van der Waals surface area contributed by atoms with Crippen LogP contribution in [0, 0.1) is 0 Å². The van der Waals surface area contributed by atoms with E-state index in [-0.39, 0.29) is 5.91 Å². The van der Waals surface area contributed by atoms with Crippen LogP contribution in [0.3, 0.4) is 0 Å². The fourth-order valence-corrected chi connectivity index (χ4v) is 1.82. The van der Waals surface area contributed by atoms with Crippen molar-refractivity contribution in [1.29, 1.82) is 0 Å². The molecule has 0 saturated heterocycles. The van der Waals surface area contributed by atoms with Crippen molar-refractivity contribution in [1.82, 2.24) is 9.88 Å². The average molecular weight is 265 g/mol. The van der Waals surface area contributed by atoms with Crippen molar-refractivity contribution in [2.45, 2.75) is 33.3 Å². The van der Waals surface area contributed by atoms with E-state index in [1.54, 1.807) is 18.0 Å². The SMILES string of the molecule is CCN(CC)C(=O)C(C)Oc1ccc(CCN)nc1. The Morgan fingerprint density at radius 3 is 2.58 bits per heavy atom. The van der Waals surface area contributed by atoms with E-state index in [1.165, 1.54) is 0 Å². The zero-order chi connectivity index (χ0) is 14.3. The van der Waals surface area contributed by atoms with E-state index in [9.17, 15) is 4.79 Å². The first-order chi connectivity index (χ1) is 9.12. The largest absolute Gasteiger partial charge is 0.479 e. The molecule has 0 aliphatic carbocycles. The summed E-state index contributed by atoms with van der Waals surface area (Å²) in [4.78, 5) is 18.0. The van der Waals surface area contributed by atoms with E-state index in [2.05, 4.69) is 4.98 Å². The summed E-state index contributed by atoms with van der Waals surface area (Å²) in [5, 5.41) is 0. The minimum atomic E-state index is -0.498. The fraction of sp³-hybridized carbons (Fsp3) is 0.571. The number of pyridine rings is 1. The third kappa shape index (κ3) is 4.52. The van der Waals surface area contributed by atoms with Crippen LogP contribution in [0.5, 0.6) is 5.75 Å². The zero-order valence-corrected chi connectivity index (χ0v) is 11.9. The lowest BCUT2D eigenvalue weighted by Crippen LogP contribution is -2.40. The number of nitrogens with zero attached hydrogens (tertiary/aromatic N) is 2. The molecule has 0 radical (unpaired) electrons. The standard InChI is InChI=1S/C14H23N3O2/c1-4-17(5-2)14(18)11(3)19-13-7-6-12(8-9-15)16-10-13/h6-7,10-11H,4-5,8-9,15H2,1-3H3. The molecule has 0 aliphatic rings. The van der Waals surface area contributed by atoms with E-state index in [1.807, 2.05) is 26.0 Å². The Labute approximate surface area is 114 Å². The highest BCUT2D eigenvalue weighted by molar-refractivity contribution is 5.80.